The summed E-state index contributed by atoms with van der Waals surface area (Å²) in [5, 5.41) is 0. The third kappa shape index (κ3) is 4.05. The fourth-order valence-corrected chi connectivity index (χ4v) is 4.49. The minimum Gasteiger partial charge on any atom is -0.451 e. The Bertz CT molecular complexity index is 1060. The zero-order valence-electron chi connectivity index (χ0n) is 17.8. The molecule has 0 spiro atoms. The number of pyridine rings is 1. The van der Waals surface area contributed by atoms with E-state index in [4.69, 9.17) is 9.40 Å². The van der Waals surface area contributed by atoms with Crippen LogP contribution in [0.15, 0.2) is 53.6 Å². The average Bonchev–Trinajstić information content (AvgIpc) is 3.47. The van der Waals surface area contributed by atoms with Crippen LogP contribution in [0.2, 0.25) is 0 Å². The maximum Gasteiger partial charge on any atom is 0.227 e. The Balaban J connectivity index is 1.51. The highest BCUT2D eigenvalue weighted by molar-refractivity contribution is 5.95. The van der Waals surface area contributed by atoms with Gasteiger partial charge in [0.05, 0.1) is 0 Å². The van der Waals surface area contributed by atoms with E-state index < -0.39 is 0 Å². The fraction of sp³-hybridized carbons (Fsp3) is 0.375. The van der Waals surface area contributed by atoms with Gasteiger partial charge in [-0.2, -0.15) is 0 Å². The van der Waals surface area contributed by atoms with Crippen LogP contribution in [0, 0.1) is 0 Å². The van der Waals surface area contributed by atoms with Crippen LogP contribution in [0.3, 0.4) is 0 Å². The summed E-state index contributed by atoms with van der Waals surface area (Å²) in [6.45, 7) is 4.79. The van der Waals surface area contributed by atoms with E-state index in [2.05, 4.69) is 40.0 Å². The van der Waals surface area contributed by atoms with Crippen LogP contribution in [0.1, 0.15) is 24.0 Å². The van der Waals surface area contributed by atoms with Gasteiger partial charge in [0, 0.05) is 63.0 Å². The molecule has 0 aliphatic carbocycles. The third-order valence-corrected chi connectivity index (χ3v) is 6.23. The van der Waals surface area contributed by atoms with Gasteiger partial charge in [0.15, 0.2) is 6.39 Å². The monoisotopic (exact) mass is 417 g/mol. The molecular weight excluding hydrogens is 390 g/mol. The lowest BCUT2D eigenvalue weighted by Gasteiger charge is -2.34. The number of hydrogen-bond donors (Lipinski definition) is 0. The van der Waals surface area contributed by atoms with Gasteiger partial charge in [-0.05, 0) is 42.8 Å². The summed E-state index contributed by atoms with van der Waals surface area (Å²) in [4.78, 5) is 28.0. The number of hydrogen-bond acceptors (Lipinski definition) is 6. The summed E-state index contributed by atoms with van der Waals surface area (Å²) in [6.07, 6.45) is 7.25. The molecule has 0 N–H and O–H groups in total. The summed E-state index contributed by atoms with van der Waals surface area (Å²) in [5.41, 5.74) is 5.09. The second kappa shape index (κ2) is 8.51. The summed E-state index contributed by atoms with van der Waals surface area (Å²) in [7, 11) is 2.16. The Morgan fingerprint density at radius 3 is 2.65 bits per heavy atom. The Morgan fingerprint density at radius 2 is 1.90 bits per heavy atom. The lowest BCUT2D eigenvalue weighted by molar-refractivity contribution is -0.117. The van der Waals surface area contributed by atoms with Crippen molar-refractivity contribution in [3.63, 3.8) is 0 Å². The van der Waals surface area contributed by atoms with E-state index in [0.29, 0.717) is 12.8 Å². The first-order valence-corrected chi connectivity index (χ1v) is 10.9. The van der Waals surface area contributed by atoms with Crippen molar-refractivity contribution in [3.05, 3.63) is 60.3 Å². The van der Waals surface area contributed by atoms with Crippen molar-refractivity contribution in [3.8, 4) is 11.3 Å². The fourth-order valence-electron chi connectivity index (χ4n) is 4.49. The number of benzene rings is 1. The summed E-state index contributed by atoms with van der Waals surface area (Å²) < 4.78 is 5.25. The van der Waals surface area contributed by atoms with Crippen LogP contribution in [0.25, 0.3) is 11.3 Å². The minimum absolute atomic E-state index is 0.194. The lowest BCUT2D eigenvalue weighted by atomic mass is 9.97. The molecule has 1 aromatic carbocycles. The predicted molar refractivity (Wildman–Crippen MR) is 120 cm³/mol. The first-order chi connectivity index (χ1) is 15.2. The van der Waals surface area contributed by atoms with Crippen molar-refractivity contribution >= 4 is 17.4 Å². The Morgan fingerprint density at radius 1 is 1.03 bits per heavy atom. The van der Waals surface area contributed by atoms with E-state index in [1.807, 2.05) is 23.2 Å². The molecule has 3 aromatic rings. The highest BCUT2D eigenvalue weighted by atomic mass is 16.3. The van der Waals surface area contributed by atoms with Gasteiger partial charge in [0.1, 0.15) is 17.8 Å². The van der Waals surface area contributed by atoms with Crippen LogP contribution < -0.4 is 9.80 Å². The topological polar surface area (TPSA) is 65.7 Å². The Hall–Kier alpha value is -3.19. The van der Waals surface area contributed by atoms with Crippen molar-refractivity contribution < 1.29 is 9.21 Å². The smallest absolute Gasteiger partial charge is 0.227 e. The number of nitrogens with zero attached hydrogens (tertiary/aromatic N) is 5. The van der Waals surface area contributed by atoms with E-state index in [1.165, 1.54) is 12.0 Å². The largest absolute Gasteiger partial charge is 0.451 e. The summed E-state index contributed by atoms with van der Waals surface area (Å²) in [6, 6.07) is 10.4. The number of likely N-dealkylation sites (N-methyl/N-ethyl adjacent to an activating group) is 1. The maximum absolute atomic E-state index is 12.3. The molecule has 2 aliphatic rings. The van der Waals surface area contributed by atoms with E-state index in [9.17, 15) is 4.79 Å². The number of carbonyl (C=O) groups is 1. The molecule has 7 heteroatoms. The number of oxazole rings is 1. The molecule has 2 saturated heterocycles. The second-order valence-electron chi connectivity index (χ2n) is 8.32. The molecule has 2 fully saturated rings. The highest BCUT2D eigenvalue weighted by Crippen LogP contribution is 2.32. The van der Waals surface area contributed by atoms with E-state index in [1.54, 1.807) is 6.26 Å². The average molecular weight is 418 g/mol. The molecule has 2 aliphatic heterocycles. The number of anilines is 2. The van der Waals surface area contributed by atoms with Crippen LogP contribution >= 0.6 is 0 Å². The van der Waals surface area contributed by atoms with E-state index >= 15 is 0 Å². The van der Waals surface area contributed by atoms with Crippen LogP contribution in [0.4, 0.5) is 11.5 Å². The Labute approximate surface area is 182 Å². The van der Waals surface area contributed by atoms with E-state index in [0.717, 1.165) is 67.5 Å². The number of amides is 1. The standard InChI is InChI=1S/C24H27N5O2/c1-27-10-12-28(13-11-27)24-18(4-2-8-25-24)14-19-15-20(29-9-3-5-23(29)30)6-7-21(19)22-16-31-17-26-22/h2,4,6-8,15-17H,3,5,9-14H2,1H3. The van der Waals surface area contributed by atoms with Gasteiger partial charge >= 0.3 is 0 Å². The zero-order valence-corrected chi connectivity index (χ0v) is 17.8. The van der Waals surface area contributed by atoms with Crippen molar-refractivity contribution in [2.45, 2.75) is 19.3 Å². The van der Waals surface area contributed by atoms with Gasteiger partial charge in [-0.3, -0.25) is 4.79 Å². The predicted octanol–water partition coefficient (Wildman–Crippen LogP) is 3.21. The molecule has 0 saturated carbocycles. The molecule has 5 rings (SSSR count). The van der Waals surface area contributed by atoms with Crippen molar-refractivity contribution in [1.29, 1.82) is 0 Å². The van der Waals surface area contributed by atoms with Crippen molar-refractivity contribution in [1.82, 2.24) is 14.9 Å². The molecule has 0 bridgehead atoms. The molecule has 0 atom stereocenters. The maximum atomic E-state index is 12.3. The molecule has 0 unspecified atom stereocenters. The van der Waals surface area contributed by atoms with Crippen molar-refractivity contribution in [2.75, 3.05) is 49.6 Å². The van der Waals surface area contributed by atoms with Crippen LogP contribution in [0.5, 0.6) is 0 Å². The van der Waals surface area contributed by atoms with Gasteiger partial charge in [-0.1, -0.05) is 12.1 Å². The van der Waals surface area contributed by atoms with E-state index in [-0.39, 0.29) is 5.91 Å². The normalized spacial score (nSPS) is 17.5. The highest BCUT2D eigenvalue weighted by Gasteiger charge is 2.24. The van der Waals surface area contributed by atoms with Crippen LogP contribution in [-0.4, -0.2) is 60.5 Å². The van der Waals surface area contributed by atoms with Gasteiger partial charge < -0.3 is 19.1 Å². The zero-order chi connectivity index (χ0) is 21.2. The Kier molecular flexibility index (Phi) is 5.42. The molecule has 7 nitrogen and oxygen atoms in total. The molecule has 1 amide bonds. The van der Waals surface area contributed by atoms with Gasteiger partial charge in [-0.25, -0.2) is 9.97 Å². The quantitative estimate of drug-likeness (QED) is 0.635. The summed E-state index contributed by atoms with van der Waals surface area (Å²) in [5.74, 6) is 1.24. The van der Waals surface area contributed by atoms with Gasteiger partial charge in [0.2, 0.25) is 5.91 Å². The van der Waals surface area contributed by atoms with Gasteiger partial charge in [-0.15, -0.1) is 0 Å². The summed E-state index contributed by atoms with van der Waals surface area (Å²) >= 11 is 0. The number of aromatic nitrogens is 2. The molecule has 31 heavy (non-hydrogen) atoms. The third-order valence-electron chi connectivity index (χ3n) is 6.23. The lowest BCUT2D eigenvalue weighted by Crippen LogP contribution is -2.45. The van der Waals surface area contributed by atoms with Crippen LogP contribution in [-0.2, 0) is 11.2 Å². The first kappa shape index (κ1) is 19.8. The molecule has 0 radical (unpaired) electrons. The molecule has 160 valence electrons. The molecule has 4 heterocycles. The number of carbonyl (C=O) groups excluding carboxylic acids is 1. The second-order valence-corrected chi connectivity index (χ2v) is 8.32. The number of piperazine rings is 1. The van der Waals surface area contributed by atoms with Crippen molar-refractivity contribution in [2.24, 2.45) is 0 Å². The first-order valence-electron chi connectivity index (χ1n) is 10.9. The van der Waals surface area contributed by atoms with Gasteiger partial charge in [0.25, 0.3) is 0 Å². The minimum atomic E-state index is 0.194. The molecule has 2 aromatic heterocycles. The number of rotatable bonds is 5. The molecular formula is C24H27N5O2. The SMILES string of the molecule is CN1CCN(c2ncccc2Cc2cc(N3CCCC3=O)ccc2-c2cocn2)CC1.